The Hall–Kier alpha value is -2.24. The summed E-state index contributed by atoms with van der Waals surface area (Å²) < 4.78 is 0. The third-order valence-electron chi connectivity index (χ3n) is 13.5. The molecule has 2 aromatic rings. The molecule has 8 rings (SSSR count). The SMILES string of the molecule is C[C@]12CC[C@@H]3c4ccc(O)c(O)c4CC[C@H]3[C@@H]1CCC2O.C[C@]12CC[C@@H]3c4ccc(O)cc4CC[C@H]3[C@@H]1CCC2O. The van der Waals surface area contributed by atoms with E-state index in [1.807, 2.05) is 18.2 Å². The second-order valence-electron chi connectivity index (χ2n) is 15.0. The zero-order valence-electron chi connectivity index (χ0n) is 24.7. The van der Waals surface area contributed by atoms with Crippen LogP contribution in [0.15, 0.2) is 30.3 Å². The van der Waals surface area contributed by atoms with Crippen molar-refractivity contribution in [2.75, 3.05) is 0 Å². The molecule has 5 heteroatoms. The Morgan fingerprint density at radius 1 is 0.634 bits per heavy atom. The van der Waals surface area contributed by atoms with Crippen molar-refractivity contribution in [3.8, 4) is 17.2 Å². The summed E-state index contributed by atoms with van der Waals surface area (Å²) in [6.07, 6.45) is 12.8. The van der Waals surface area contributed by atoms with Gasteiger partial charge in [-0.1, -0.05) is 26.0 Å². The molecule has 0 saturated heterocycles. The Morgan fingerprint density at radius 2 is 1.20 bits per heavy atom. The summed E-state index contributed by atoms with van der Waals surface area (Å²) >= 11 is 0. The van der Waals surface area contributed by atoms with Crippen LogP contribution in [0, 0.1) is 34.5 Å². The predicted octanol–water partition coefficient (Wildman–Crippen LogP) is 6.92. The molecule has 2 unspecified atom stereocenters. The van der Waals surface area contributed by atoms with Gasteiger partial charge in [0.05, 0.1) is 12.2 Å². The van der Waals surface area contributed by atoms with Gasteiger partial charge in [0, 0.05) is 5.56 Å². The Morgan fingerprint density at radius 3 is 1.83 bits per heavy atom. The van der Waals surface area contributed by atoms with Crippen molar-refractivity contribution in [1.29, 1.82) is 0 Å². The molecule has 0 spiro atoms. The van der Waals surface area contributed by atoms with E-state index in [2.05, 4.69) is 19.9 Å². The van der Waals surface area contributed by atoms with E-state index in [0.717, 1.165) is 69.3 Å². The van der Waals surface area contributed by atoms with Gasteiger partial charge in [-0.05, 0) is 158 Å². The molecule has 5 nitrogen and oxygen atoms in total. The minimum Gasteiger partial charge on any atom is -0.508 e. The number of phenolic OH excluding ortho intramolecular Hbond substituents is 3. The average molecular weight is 561 g/mol. The molecule has 0 aliphatic heterocycles. The summed E-state index contributed by atoms with van der Waals surface area (Å²) in [6.45, 7) is 4.59. The first-order valence-corrected chi connectivity index (χ1v) is 16.3. The number of hydrogen-bond donors (Lipinski definition) is 5. The molecule has 4 fully saturated rings. The normalized spacial score (nSPS) is 42.0. The molecule has 4 saturated carbocycles. The van der Waals surface area contributed by atoms with Gasteiger partial charge < -0.3 is 25.5 Å². The molecule has 0 bridgehead atoms. The average Bonchev–Trinajstić information content (AvgIpc) is 3.45. The largest absolute Gasteiger partial charge is 0.508 e. The van der Waals surface area contributed by atoms with Gasteiger partial charge in [-0.2, -0.15) is 0 Å². The number of fused-ring (bicyclic) bond motifs is 10. The Balaban J connectivity index is 0.000000135. The van der Waals surface area contributed by atoms with E-state index >= 15 is 0 Å². The topological polar surface area (TPSA) is 101 Å². The molecule has 41 heavy (non-hydrogen) atoms. The number of benzene rings is 2. The maximum absolute atomic E-state index is 10.4. The standard InChI is InChI=1S/C18H24O3.C18H24O2/c1-18-9-8-11-10-4-6-15(19)17(21)13(10)3-2-12(11)14(18)5-7-16(18)20;1-18-9-8-14-13-5-3-12(19)10-11(13)2-4-15(14)16(18)6-7-17(18)20/h4,6,11-12,14,16,19-21H,2-3,5,7-9H2,1H3;3,5,10,14-17,19-20H,2,4,6-9H2,1H3/t11-,12-,14+,16?,18+;14-,15-,16+,17?,18+/m11/s1. The number of aliphatic hydroxyl groups excluding tert-OH is 2. The van der Waals surface area contributed by atoms with Crippen molar-refractivity contribution < 1.29 is 25.5 Å². The van der Waals surface area contributed by atoms with Crippen LogP contribution in [0.1, 0.15) is 112 Å². The monoisotopic (exact) mass is 560 g/mol. The maximum Gasteiger partial charge on any atom is 0.160 e. The van der Waals surface area contributed by atoms with Crippen molar-refractivity contribution in [3.63, 3.8) is 0 Å². The van der Waals surface area contributed by atoms with E-state index in [9.17, 15) is 25.5 Å². The lowest BCUT2D eigenvalue weighted by molar-refractivity contribution is -0.0227. The molecular weight excluding hydrogens is 512 g/mol. The minimum atomic E-state index is -0.141. The van der Waals surface area contributed by atoms with Crippen LogP contribution >= 0.6 is 0 Å². The smallest absolute Gasteiger partial charge is 0.160 e. The van der Waals surface area contributed by atoms with Gasteiger partial charge in [0.1, 0.15) is 5.75 Å². The molecule has 5 N–H and O–H groups in total. The van der Waals surface area contributed by atoms with Gasteiger partial charge in [0.2, 0.25) is 0 Å². The summed E-state index contributed by atoms with van der Waals surface area (Å²) in [6, 6.07) is 9.60. The van der Waals surface area contributed by atoms with Crippen molar-refractivity contribution in [1.82, 2.24) is 0 Å². The summed E-state index contributed by atoms with van der Waals surface area (Å²) in [5.41, 5.74) is 5.28. The van der Waals surface area contributed by atoms with Gasteiger partial charge in [-0.3, -0.25) is 0 Å². The highest BCUT2D eigenvalue weighted by molar-refractivity contribution is 5.51. The van der Waals surface area contributed by atoms with E-state index < -0.39 is 0 Å². The number of phenols is 3. The van der Waals surface area contributed by atoms with Crippen molar-refractivity contribution >= 4 is 0 Å². The maximum atomic E-state index is 10.4. The third-order valence-corrected chi connectivity index (χ3v) is 13.5. The van der Waals surface area contributed by atoms with Crippen LogP contribution in [0.2, 0.25) is 0 Å². The first kappa shape index (κ1) is 27.6. The van der Waals surface area contributed by atoms with Crippen LogP contribution in [0.4, 0.5) is 0 Å². The molecule has 0 aromatic heterocycles. The first-order chi connectivity index (χ1) is 19.6. The fourth-order valence-corrected chi connectivity index (χ4v) is 11.2. The lowest BCUT2D eigenvalue weighted by Crippen LogP contribution is -2.43. The zero-order chi connectivity index (χ0) is 28.7. The lowest BCUT2D eigenvalue weighted by atomic mass is 9.55. The van der Waals surface area contributed by atoms with Crippen LogP contribution in [0.5, 0.6) is 17.2 Å². The number of hydrogen-bond acceptors (Lipinski definition) is 5. The molecule has 6 aliphatic rings. The fourth-order valence-electron chi connectivity index (χ4n) is 11.2. The van der Waals surface area contributed by atoms with Crippen LogP contribution < -0.4 is 0 Å². The van der Waals surface area contributed by atoms with Gasteiger partial charge in [0.25, 0.3) is 0 Å². The second kappa shape index (κ2) is 9.91. The molecule has 222 valence electrons. The molecule has 0 heterocycles. The fraction of sp³-hybridized carbons (Fsp3) is 0.667. The molecule has 2 aromatic carbocycles. The van der Waals surface area contributed by atoms with Crippen LogP contribution in [-0.4, -0.2) is 37.7 Å². The molecule has 10 atom stereocenters. The van der Waals surface area contributed by atoms with Gasteiger partial charge in [-0.25, -0.2) is 0 Å². The number of aliphatic hydroxyl groups is 2. The van der Waals surface area contributed by atoms with E-state index in [0.29, 0.717) is 35.3 Å². The van der Waals surface area contributed by atoms with Crippen LogP contribution in [-0.2, 0) is 12.8 Å². The van der Waals surface area contributed by atoms with Gasteiger partial charge in [-0.15, -0.1) is 0 Å². The first-order valence-electron chi connectivity index (χ1n) is 16.3. The van der Waals surface area contributed by atoms with Gasteiger partial charge in [0.15, 0.2) is 11.5 Å². The molecule has 6 aliphatic carbocycles. The van der Waals surface area contributed by atoms with Crippen molar-refractivity contribution in [2.45, 2.75) is 115 Å². The highest BCUT2D eigenvalue weighted by Crippen LogP contribution is 2.62. The van der Waals surface area contributed by atoms with Gasteiger partial charge >= 0.3 is 0 Å². The summed E-state index contributed by atoms with van der Waals surface area (Å²) in [5, 5.41) is 50.3. The van der Waals surface area contributed by atoms with E-state index in [-0.39, 0.29) is 34.5 Å². The molecule has 0 amide bonds. The number of rotatable bonds is 0. The van der Waals surface area contributed by atoms with Crippen molar-refractivity contribution in [2.24, 2.45) is 34.5 Å². The minimum absolute atomic E-state index is 0.00383. The third kappa shape index (κ3) is 4.16. The summed E-state index contributed by atoms with van der Waals surface area (Å²) in [7, 11) is 0. The molecular formula is C36H48O5. The number of aromatic hydroxyl groups is 3. The lowest BCUT2D eigenvalue weighted by Gasteiger charge is -2.50. The summed E-state index contributed by atoms with van der Waals surface area (Å²) in [5.74, 6) is 4.30. The second-order valence-corrected chi connectivity index (χ2v) is 15.0. The Labute approximate surface area is 244 Å². The van der Waals surface area contributed by atoms with E-state index in [1.54, 1.807) is 6.07 Å². The van der Waals surface area contributed by atoms with Crippen LogP contribution in [0.3, 0.4) is 0 Å². The Bertz CT molecular complexity index is 1320. The zero-order valence-corrected chi connectivity index (χ0v) is 24.7. The highest BCUT2D eigenvalue weighted by Gasteiger charge is 2.55. The number of aryl methyl sites for hydroxylation is 1. The predicted molar refractivity (Wildman–Crippen MR) is 159 cm³/mol. The summed E-state index contributed by atoms with van der Waals surface area (Å²) in [4.78, 5) is 0. The van der Waals surface area contributed by atoms with Crippen LogP contribution in [0.25, 0.3) is 0 Å². The van der Waals surface area contributed by atoms with Crippen molar-refractivity contribution in [3.05, 3.63) is 52.6 Å². The quantitative estimate of drug-likeness (QED) is 0.225. The van der Waals surface area contributed by atoms with E-state index in [1.165, 1.54) is 36.0 Å². The Kier molecular flexibility index (Phi) is 6.67. The highest BCUT2D eigenvalue weighted by atomic mass is 16.3. The molecule has 0 radical (unpaired) electrons. The van der Waals surface area contributed by atoms with E-state index in [4.69, 9.17) is 0 Å².